The first-order chi connectivity index (χ1) is 15.0. The maximum atomic E-state index is 12.6. The van der Waals surface area contributed by atoms with E-state index in [1.54, 1.807) is 31.4 Å². The quantitative estimate of drug-likeness (QED) is 0.574. The van der Waals surface area contributed by atoms with Crippen LogP contribution in [0.5, 0.6) is 5.75 Å². The standard InChI is InChI=1S/C21H29N3O7/c1-28-14-5-3-4-13(10-14)22-21(27)23-16-15-11-30-20(31-15)17(18(16)25)24-8-6-12(7-9-24)19(26)29-2/h3-5,10,12,15-18,20,25H,6-9,11H2,1-2H3,(H2,22,23,27)/t15-,16-,17-,18+,20-/m1/s1. The van der Waals surface area contributed by atoms with Crippen LogP contribution in [0.25, 0.3) is 0 Å². The molecule has 10 nitrogen and oxygen atoms in total. The summed E-state index contributed by atoms with van der Waals surface area (Å²) in [5.74, 6) is 0.287. The summed E-state index contributed by atoms with van der Waals surface area (Å²) < 4.78 is 21.7. The number of benzene rings is 1. The molecular formula is C21H29N3O7. The number of esters is 1. The largest absolute Gasteiger partial charge is 0.497 e. The van der Waals surface area contributed by atoms with Crippen molar-refractivity contribution in [1.29, 1.82) is 0 Å². The van der Waals surface area contributed by atoms with E-state index in [4.69, 9.17) is 18.9 Å². The number of methoxy groups -OCH3 is 2. The van der Waals surface area contributed by atoms with Crippen LogP contribution in [-0.2, 0) is 19.0 Å². The van der Waals surface area contributed by atoms with Gasteiger partial charge in [-0.3, -0.25) is 9.69 Å². The Hall–Kier alpha value is -2.40. The number of anilines is 1. The van der Waals surface area contributed by atoms with E-state index in [2.05, 4.69) is 15.5 Å². The highest BCUT2D eigenvalue weighted by Gasteiger charge is 2.53. The Balaban J connectivity index is 1.39. The van der Waals surface area contributed by atoms with Gasteiger partial charge in [0.15, 0.2) is 6.29 Å². The second kappa shape index (κ2) is 9.39. The number of hydrogen-bond donors (Lipinski definition) is 3. The topological polar surface area (TPSA) is 119 Å². The number of rotatable bonds is 5. The Bertz CT molecular complexity index is 799. The first-order valence-corrected chi connectivity index (χ1v) is 10.5. The molecule has 3 aliphatic heterocycles. The van der Waals surface area contributed by atoms with E-state index in [1.165, 1.54) is 7.11 Å². The van der Waals surface area contributed by atoms with Crippen molar-refractivity contribution in [2.24, 2.45) is 5.92 Å². The summed E-state index contributed by atoms with van der Waals surface area (Å²) in [5.41, 5.74) is 0.574. The zero-order valence-corrected chi connectivity index (χ0v) is 17.7. The van der Waals surface area contributed by atoms with Gasteiger partial charge in [-0.25, -0.2) is 4.79 Å². The minimum atomic E-state index is -0.878. The molecule has 3 heterocycles. The molecule has 3 aliphatic rings. The van der Waals surface area contributed by atoms with Gasteiger partial charge < -0.3 is 34.7 Å². The Morgan fingerprint density at radius 2 is 2.00 bits per heavy atom. The van der Waals surface area contributed by atoms with E-state index >= 15 is 0 Å². The zero-order chi connectivity index (χ0) is 22.0. The first kappa shape index (κ1) is 21.8. The minimum absolute atomic E-state index is 0.136. The van der Waals surface area contributed by atoms with E-state index in [0.717, 1.165) is 0 Å². The van der Waals surface area contributed by atoms with E-state index in [1.807, 2.05) is 0 Å². The second-order valence-electron chi connectivity index (χ2n) is 8.05. The molecule has 3 saturated heterocycles. The lowest BCUT2D eigenvalue weighted by Gasteiger charge is -2.45. The van der Waals surface area contributed by atoms with Crippen LogP contribution in [0.1, 0.15) is 12.8 Å². The smallest absolute Gasteiger partial charge is 0.319 e. The Kier molecular flexibility index (Phi) is 6.61. The van der Waals surface area contributed by atoms with Crippen LogP contribution in [0.2, 0.25) is 0 Å². The van der Waals surface area contributed by atoms with Crippen molar-refractivity contribution in [1.82, 2.24) is 10.2 Å². The number of urea groups is 1. The van der Waals surface area contributed by atoms with Crippen LogP contribution in [0.4, 0.5) is 10.5 Å². The van der Waals surface area contributed by atoms with Crippen molar-refractivity contribution >= 4 is 17.7 Å². The van der Waals surface area contributed by atoms with Crippen molar-refractivity contribution in [3.8, 4) is 5.75 Å². The Morgan fingerprint density at radius 3 is 2.71 bits per heavy atom. The van der Waals surface area contributed by atoms with Gasteiger partial charge in [-0.05, 0) is 38.1 Å². The average Bonchev–Trinajstić information content (AvgIpc) is 3.22. The highest BCUT2D eigenvalue weighted by Crippen LogP contribution is 2.33. The molecule has 5 atom stereocenters. The number of likely N-dealkylation sites (tertiary alicyclic amines) is 1. The number of aliphatic hydroxyl groups is 1. The maximum absolute atomic E-state index is 12.6. The SMILES string of the molecule is COC(=O)C1CCN([C@H]2[C@@H]3OC[C@@H](O3)[C@@H](NC(=O)Nc3cccc(OC)c3)[C@@H]2O)CC1. The predicted octanol–water partition coefficient (Wildman–Crippen LogP) is 0.555. The molecule has 1 aromatic carbocycles. The number of nitrogens with one attached hydrogen (secondary N) is 2. The molecule has 31 heavy (non-hydrogen) atoms. The highest BCUT2D eigenvalue weighted by atomic mass is 16.7. The summed E-state index contributed by atoms with van der Waals surface area (Å²) in [4.78, 5) is 26.5. The molecule has 0 saturated carbocycles. The van der Waals surface area contributed by atoms with Gasteiger partial charge in [0.25, 0.3) is 0 Å². The fourth-order valence-corrected chi connectivity index (χ4v) is 4.59. The predicted molar refractivity (Wildman–Crippen MR) is 110 cm³/mol. The number of aliphatic hydroxyl groups excluding tert-OH is 1. The lowest BCUT2D eigenvalue weighted by atomic mass is 9.91. The first-order valence-electron chi connectivity index (χ1n) is 10.5. The number of carbonyl (C=O) groups is 2. The molecule has 3 N–H and O–H groups in total. The van der Waals surface area contributed by atoms with Crippen molar-refractivity contribution in [2.75, 3.05) is 39.2 Å². The molecule has 10 heteroatoms. The van der Waals surface area contributed by atoms with Crippen LogP contribution in [0.3, 0.4) is 0 Å². The van der Waals surface area contributed by atoms with Gasteiger partial charge in [0.05, 0.1) is 44.9 Å². The molecule has 0 aromatic heterocycles. The Morgan fingerprint density at radius 1 is 1.23 bits per heavy atom. The normalized spacial score (nSPS) is 31.1. The van der Waals surface area contributed by atoms with Crippen molar-refractivity contribution in [2.45, 2.75) is 43.4 Å². The average molecular weight is 435 g/mol. The third kappa shape index (κ3) is 4.62. The number of nitrogens with zero attached hydrogens (tertiary/aromatic N) is 1. The van der Waals surface area contributed by atoms with Crippen molar-refractivity contribution in [3.63, 3.8) is 0 Å². The molecule has 0 unspecified atom stereocenters. The van der Waals surface area contributed by atoms with Gasteiger partial charge in [0, 0.05) is 11.8 Å². The fourth-order valence-electron chi connectivity index (χ4n) is 4.59. The molecule has 0 radical (unpaired) electrons. The number of fused-ring (bicyclic) bond motifs is 2. The molecule has 0 aliphatic carbocycles. The van der Waals surface area contributed by atoms with Crippen LogP contribution < -0.4 is 15.4 Å². The number of hydrogen-bond acceptors (Lipinski definition) is 8. The van der Waals surface area contributed by atoms with E-state index < -0.39 is 36.6 Å². The molecule has 1 aromatic rings. The molecule has 3 fully saturated rings. The molecular weight excluding hydrogens is 406 g/mol. The van der Waals surface area contributed by atoms with E-state index in [0.29, 0.717) is 44.0 Å². The van der Waals surface area contributed by atoms with Gasteiger partial charge in [0.2, 0.25) is 0 Å². The van der Waals surface area contributed by atoms with E-state index in [-0.39, 0.29) is 11.9 Å². The van der Waals surface area contributed by atoms with Crippen LogP contribution in [0.15, 0.2) is 24.3 Å². The molecule has 0 spiro atoms. The lowest BCUT2D eigenvalue weighted by Crippen LogP contribution is -2.66. The van der Waals surface area contributed by atoms with Gasteiger partial charge in [-0.2, -0.15) is 0 Å². The fraction of sp³-hybridized carbons (Fsp3) is 0.619. The third-order valence-corrected chi connectivity index (χ3v) is 6.24. The highest BCUT2D eigenvalue weighted by molar-refractivity contribution is 5.89. The number of amides is 2. The van der Waals surface area contributed by atoms with Crippen LogP contribution in [0, 0.1) is 5.92 Å². The van der Waals surface area contributed by atoms with Crippen LogP contribution in [-0.4, -0.2) is 86.5 Å². The van der Waals surface area contributed by atoms with Gasteiger partial charge in [0.1, 0.15) is 11.9 Å². The summed E-state index contributed by atoms with van der Waals surface area (Å²) >= 11 is 0. The maximum Gasteiger partial charge on any atom is 0.319 e. The van der Waals surface area contributed by atoms with Crippen molar-refractivity contribution < 1.29 is 33.6 Å². The second-order valence-corrected chi connectivity index (χ2v) is 8.05. The number of ether oxygens (including phenoxy) is 4. The molecule has 2 bridgehead atoms. The summed E-state index contributed by atoms with van der Waals surface area (Å²) in [7, 11) is 2.95. The number of carbonyl (C=O) groups excluding carboxylic acids is 2. The van der Waals surface area contributed by atoms with Crippen molar-refractivity contribution in [3.05, 3.63) is 24.3 Å². The molecule has 2 amide bonds. The summed E-state index contributed by atoms with van der Waals surface area (Å²) in [5, 5.41) is 16.7. The molecule has 170 valence electrons. The Labute approximate surface area is 180 Å². The summed E-state index contributed by atoms with van der Waals surface area (Å²) in [6, 6.07) is 5.50. The van der Waals surface area contributed by atoms with Gasteiger partial charge in [-0.15, -0.1) is 0 Å². The molecule has 4 rings (SSSR count). The lowest BCUT2D eigenvalue weighted by molar-refractivity contribution is -0.185. The summed E-state index contributed by atoms with van der Waals surface area (Å²) in [6.45, 7) is 1.51. The van der Waals surface area contributed by atoms with Gasteiger partial charge in [-0.1, -0.05) is 6.07 Å². The zero-order valence-electron chi connectivity index (χ0n) is 17.7. The van der Waals surface area contributed by atoms with Crippen LogP contribution >= 0.6 is 0 Å². The third-order valence-electron chi connectivity index (χ3n) is 6.24. The number of piperidine rings is 1. The van der Waals surface area contributed by atoms with Gasteiger partial charge >= 0.3 is 12.0 Å². The summed E-state index contributed by atoms with van der Waals surface area (Å²) in [6.07, 6.45) is -0.591. The van der Waals surface area contributed by atoms with E-state index in [9.17, 15) is 14.7 Å². The minimum Gasteiger partial charge on any atom is -0.497 e. The monoisotopic (exact) mass is 435 g/mol.